The third-order valence-electron chi connectivity index (χ3n) is 10.7. The lowest BCUT2D eigenvalue weighted by Gasteiger charge is -2.45. The molecule has 49 heavy (non-hydrogen) atoms. The topological polar surface area (TPSA) is 29.5 Å². The monoisotopic (exact) mass is 655 g/mol. The van der Waals surface area contributed by atoms with E-state index in [0.717, 1.165) is 48.5 Å². The van der Waals surface area contributed by atoms with Crippen LogP contribution in [0.25, 0.3) is 31.3 Å². The highest BCUT2D eigenvalue weighted by molar-refractivity contribution is 7.24. The molecular weight excluding hydrogens is 619 g/mol. The van der Waals surface area contributed by atoms with Gasteiger partial charge in [0.15, 0.2) is 5.43 Å². The van der Waals surface area contributed by atoms with Crippen LogP contribution < -0.4 is 15.1 Å². The minimum atomic E-state index is -0.604. The molecule has 0 bridgehead atoms. The minimum absolute atomic E-state index is 0.0944. The molecule has 1 spiro atoms. The third-order valence-corrected chi connectivity index (χ3v) is 11.8. The van der Waals surface area contributed by atoms with Crippen molar-refractivity contribution < 1.29 is 4.74 Å². The van der Waals surface area contributed by atoms with Crippen LogP contribution in [0.1, 0.15) is 72.9 Å². The van der Waals surface area contributed by atoms with Crippen LogP contribution in [0, 0.1) is 0 Å². The van der Waals surface area contributed by atoms with Gasteiger partial charge in [-0.05, 0) is 105 Å². The average molecular weight is 656 g/mol. The first-order valence-electron chi connectivity index (χ1n) is 17.1. The summed E-state index contributed by atoms with van der Waals surface area (Å²) in [5.41, 5.74) is 12.7. The van der Waals surface area contributed by atoms with Crippen LogP contribution in [0.15, 0.2) is 126 Å². The number of nitrogens with zero attached hydrogens (tertiary/aromatic N) is 1. The van der Waals surface area contributed by atoms with Crippen LogP contribution >= 0.6 is 11.3 Å². The Morgan fingerprint density at radius 3 is 2.02 bits per heavy atom. The highest BCUT2D eigenvalue weighted by Crippen LogP contribution is 2.64. The Morgan fingerprint density at radius 1 is 0.592 bits per heavy atom. The molecule has 1 unspecified atom stereocenters. The van der Waals surface area contributed by atoms with Gasteiger partial charge in [-0.25, -0.2) is 0 Å². The molecule has 0 saturated heterocycles. The summed E-state index contributed by atoms with van der Waals surface area (Å²) in [4.78, 5) is 16.4. The number of hydrogen-bond acceptors (Lipinski definition) is 4. The first-order valence-corrected chi connectivity index (χ1v) is 18.0. The van der Waals surface area contributed by atoms with E-state index in [1.807, 2.05) is 18.2 Å². The molecule has 9 rings (SSSR count). The SMILES string of the molecule is COc1ccc2c(c1)N(c1cc(C(C)C)cc(C(C)C)c1)c1ccccc1C21c2ccccc2-c2cc3c(=O)c4ccccc4sc3cc21. The fourth-order valence-corrected chi connectivity index (χ4v) is 9.38. The van der Waals surface area contributed by atoms with E-state index in [0.29, 0.717) is 11.8 Å². The van der Waals surface area contributed by atoms with Crippen LogP contribution in [-0.2, 0) is 5.41 Å². The Bertz CT molecular complexity index is 2520. The molecule has 3 nitrogen and oxygen atoms in total. The van der Waals surface area contributed by atoms with Gasteiger partial charge in [-0.1, -0.05) is 94.4 Å². The average Bonchev–Trinajstić information content (AvgIpc) is 3.40. The summed E-state index contributed by atoms with van der Waals surface area (Å²) in [5, 5.41) is 1.56. The van der Waals surface area contributed by atoms with E-state index in [1.165, 1.54) is 38.9 Å². The zero-order valence-corrected chi connectivity index (χ0v) is 29.2. The van der Waals surface area contributed by atoms with Gasteiger partial charge in [0.1, 0.15) is 5.75 Å². The third kappa shape index (κ3) is 4.17. The smallest absolute Gasteiger partial charge is 0.195 e. The highest BCUT2D eigenvalue weighted by Gasteiger charge is 2.52. The fourth-order valence-electron chi connectivity index (χ4n) is 8.29. The zero-order chi connectivity index (χ0) is 33.6. The Balaban J connectivity index is 1.42. The number of hydrogen-bond donors (Lipinski definition) is 0. The molecule has 1 aliphatic heterocycles. The van der Waals surface area contributed by atoms with Crippen LogP contribution in [0.3, 0.4) is 0 Å². The van der Waals surface area contributed by atoms with Crippen LogP contribution in [0.2, 0.25) is 0 Å². The van der Waals surface area contributed by atoms with Crippen molar-refractivity contribution >= 4 is 48.6 Å². The quantitative estimate of drug-likeness (QED) is 0.177. The molecule has 240 valence electrons. The van der Waals surface area contributed by atoms with Crippen molar-refractivity contribution in [2.45, 2.75) is 44.9 Å². The molecule has 0 saturated carbocycles. The molecular formula is C45H37NO2S. The predicted octanol–water partition coefficient (Wildman–Crippen LogP) is 11.8. The van der Waals surface area contributed by atoms with Crippen molar-refractivity contribution in [1.82, 2.24) is 0 Å². The van der Waals surface area contributed by atoms with Gasteiger partial charge in [0.25, 0.3) is 0 Å². The first-order chi connectivity index (χ1) is 23.8. The second kappa shape index (κ2) is 10.9. The molecule has 0 amide bonds. The molecule has 2 heterocycles. The largest absolute Gasteiger partial charge is 0.497 e. The van der Waals surface area contributed by atoms with Gasteiger partial charge in [-0.15, -0.1) is 11.3 Å². The molecule has 2 aliphatic rings. The number of anilines is 3. The van der Waals surface area contributed by atoms with Crippen molar-refractivity contribution in [3.63, 3.8) is 0 Å². The Hall–Kier alpha value is -5.19. The molecule has 0 fully saturated rings. The Morgan fingerprint density at radius 2 is 1.27 bits per heavy atom. The summed E-state index contributed by atoms with van der Waals surface area (Å²) < 4.78 is 7.94. The normalized spacial score (nSPS) is 15.9. The number of rotatable bonds is 4. The second-order valence-corrected chi connectivity index (χ2v) is 15.1. The lowest BCUT2D eigenvalue weighted by molar-refractivity contribution is 0.414. The molecule has 0 radical (unpaired) electrons. The van der Waals surface area contributed by atoms with E-state index < -0.39 is 5.41 Å². The first kappa shape index (κ1) is 29.9. The van der Waals surface area contributed by atoms with Gasteiger partial charge in [0.2, 0.25) is 0 Å². The van der Waals surface area contributed by atoms with Crippen molar-refractivity contribution in [2.75, 3.05) is 12.0 Å². The van der Waals surface area contributed by atoms with Gasteiger partial charge in [-0.2, -0.15) is 0 Å². The maximum atomic E-state index is 14.0. The second-order valence-electron chi connectivity index (χ2n) is 14.0. The molecule has 1 atom stereocenters. The highest BCUT2D eigenvalue weighted by atomic mass is 32.1. The van der Waals surface area contributed by atoms with Crippen molar-refractivity contribution in [1.29, 1.82) is 0 Å². The number of benzene rings is 6. The number of para-hydroxylation sites is 1. The minimum Gasteiger partial charge on any atom is -0.497 e. The molecule has 1 aliphatic carbocycles. The van der Waals surface area contributed by atoms with E-state index in [2.05, 4.69) is 136 Å². The van der Waals surface area contributed by atoms with E-state index in [4.69, 9.17) is 4.74 Å². The van der Waals surface area contributed by atoms with Gasteiger partial charge in [0.05, 0.1) is 23.9 Å². The van der Waals surface area contributed by atoms with Gasteiger partial charge in [0, 0.05) is 31.9 Å². The van der Waals surface area contributed by atoms with Crippen LogP contribution in [-0.4, -0.2) is 7.11 Å². The summed E-state index contributed by atoms with van der Waals surface area (Å²) in [7, 11) is 1.74. The Labute approximate surface area is 291 Å². The fraction of sp³-hybridized carbons (Fsp3) is 0.178. The lowest BCUT2D eigenvalue weighted by atomic mass is 9.64. The summed E-state index contributed by atoms with van der Waals surface area (Å²) in [6, 6.07) is 43.8. The summed E-state index contributed by atoms with van der Waals surface area (Å²) in [6.45, 7) is 9.09. The van der Waals surface area contributed by atoms with E-state index in [1.54, 1.807) is 18.4 Å². The van der Waals surface area contributed by atoms with Crippen molar-refractivity contribution in [3.05, 3.63) is 165 Å². The predicted molar refractivity (Wildman–Crippen MR) is 206 cm³/mol. The van der Waals surface area contributed by atoms with Gasteiger partial charge in [-0.3, -0.25) is 4.79 Å². The van der Waals surface area contributed by atoms with Crippen molar-refractivity contribution in [2.24, 2.45) is 0 Å². The molecule has 0 N–H and O–H groups in total. The zero-order valence-electron chi connectivity index (χ0n) is 28.4. The molecule has 6 aromatic carbocycles. The number of ether oxygens (including phenoxy) is 1. The summed E-state index contributed by atoms with van der Waals surface area (Å²) in [5.74, 6) is 1.59. The maximum Gasteiger partial charge on any atom is 0.195 e. The number of methoxy groups -OCH3 is 1. The van der Waals surface area contributed by atoms with E-state index in [9.17, 15) is 4.79 Å². The molecule has 1 aromatic heterocycles. The molecule has 7 aromatic rings. The van der Waals surface area contributed by atoms with Crippen LogP contribution in [0.4, 0.5) is 17.1 Å². The molecule has 4 heteroatoms. The van der Waals surface area contributed by atoms with Gasteiger partial charge < -0.3 is 9.64 Å². The summed E-state index contributed by atoms with van der Waals surface area (Å²) >= 11 is 1.70. The standard InChI is InChI=1S/C45H37NO2S/c1-26(2)28-20-29(27(3)4)22-30(21-28)46-40-16-10-9-15-37(40)45(38-19-18-31(48-5)23-41(38)46)36-14-8-6-12-32(36)34-24-35-43(25-39(34)45)49-42-17-11-7-13-33(42)44(35)47/h6-27H,1-5H3. The van der Waals surface area contributed by atoms with E-state index >= 15 is 0 Å². The van der Waals surface area contributed by atoms with Gasteiger partial charge >= 0.3 is 0 Å². The van der Waals surface area contributed by atoms with Crippen molar-refractivity contribution in [3.8, 4) is 16.9 Å². The summed E-state index contributed by atoms with van der Waals surface area (Å²) in [6.07, 6.45) is 0. The maximum absolute atomic E-state index is 14.0. The number of fused-ring (bicyclic) bond motifs is 11. The van der Waals surface area contributed by atoms with Crippen LogP contribution in [0.5, 0.6) is 5.75 Å². The lowest BCUT2D eigenvalue weighted by Crippen LogP contribution is -2.36. The Kier molecular flexibility index (Phi) is 6.66. The van der Waals surface area contributed by atoms with E-state index in [-0.39, 0.29) is 5.43 Å².